The molecule has 0 radical (unpaired) electrons. The molecule has 0 saturated carbocycles. The third-order valence-corrected chi connectivity index (χ3v) is 4.33. The topological polar surface area (TPSA) is 113 Å². The van der Waals surface area contributed by atoms with Gasteiger partial charge in [0.2, 0.25) is 0 Å². The summed E-state index contributed by atoms with van der Waals surface area (Å²) in [6.07, 6.45) is 0.991. The number of ketones is 1. The van der Waals surface area contributed by atoms with Gasteiger partial charge in [-0.2, -0.15) is 0 Å². The first kappa shape index (κ1) is 23.1. The summed E-state index contributed by atoms with van der Waals surface area (Å²) < 4.78 is 11.1. The molecule has 2 N–H and O–H groups in total. The number of aliphatic carboxylic acids is 2. The maximum Gasteiger partial charge on any atom is 0.414 e. The van der Waals surface area contributed by atoms with Gasteiger partial charge in [0.25, 0.3) is 0 Å². The third-order valence-electron chi connectivity index (χ3n) is 4.33. The highest BCUT2D eigenvalue weighted by Crippen LogP contribution is 2.15. The van der Waals surface area contributed by atoms with E-state index in [1.54, 1.807) is 0 Å². The van der Waals surface area contributed by atoms with Crippen molar-refractivity contribution in [2.75, 3.05) is 39.5 Å². The lowest BCUT2D eigenvalue weighted by Gasteiger charge is -2.26. The molecule has 2 aromatic carbocycles. The van der Waals surface area contributed by atoms with Gasteiger partial charge < -0.3 is 19.7 Å². The van der Waals surface area contributed by atoms with E-state index >= 15 is 0 Å². The minimum absolute atomic E-state index is 0.0365. The first-order valence-corrected chi connectivity index (χ1v) is 9.56. The first-order valence-electron chi connectivity index (χ1n) is 9.56. The second kappa shape index (κ2) is 12.4. The van der Waals surface area contributed by atoms with Crippen LogP contribution in [-0.4, -0.2) is 72.3 Å². The van der Waals surface area contributed by atoms with Crippen LogP contribution in [0.15, 0.2) is 54.6 Å². The molecule has 2 aromatic rings. The molecule has 8 nitrogen and oxygen atoms in total. The lowest BCUT2D eigenvalue weighted by molar-refractivity contribution is -0.159. The van der Waals surface area contributed by atoms with Gasteiger partial charge in [-0.3, -0.25) is 9.69 Å². The molecular formula is C22H25NO7. The van der Waals surface area contributed by atoms with Crippen LogP contribution in [0.2, 0.25) is 0 Å². The number of carboxylic acid groups (broad SMARTS) is 2. The van der Waals surface area contributed by atoms with Crippen molar-refractivity contribution in [2.24, 2.45) is 0 Å². The van der Waals surface area contributed by atoms with E-state index in [-0.39, 0.29) is 5.78 Å². The lowest BCUT2D eigenvalue weighted by Crippen LogP contribution is -2.37. The second-order valence-corrected chi connectivity index (χ2v) is 6.49. The van der Waals surface area contributed by atoms with Crippen molar-refractivity contribution >= 4 is 17.7 Å². The maximum atomic E-state index is 12.3. The number of carbonyl (C=O) groups excluding carboxylic acids is 1. The van der Waals surface area contributed by atoms with Gasteiger partial charge in [-0.05, 0) is 30.7 Å². The third kappa shape index (κ3) is 8.02. The van der Waals surface area contributed by atoms with E-state index in [2.05, 4.69) is 4.90 Å². The van der Waals surface area contributed by atoms with Crippen molar-refractivity contribution in [1.29, 1.82) is 0 Å². The van der Waals surface area contributed by atoms with E-state index < -0.39 is 11.9 Å². The molecular weight excluding hydrogens is 390 g/mol. The Morgan fingerprint density at radius 3 is 2.00 bits per heavy atom. The Hall–Kier alpha value is -3.23. The maximum absolute atomic E-state index is 12.3. The Bertz CT molecular complexity index is 803. The fourth-order valence-electron chi connectivity index (χ4n) is 2.76. The number of ether oxygens (including phenoxy) is 2. The Morgan fingerprint density at radius 1 is 0.867 bits per heavy atom. The number of carboxylic acids is 2. The molecule has 1 aliphatic rings. The average Bonchev–Trinajstić information content (AvgIpc) is 2.78. The van der Waals surface area contributed by atoms with Gasteiger partial charge in [-0.1, -0.05) is 30.3 Å². The van der Waals surface area contributed by atoms with Crippen molar-refractivity contribution in [3.63, 3.8) is 0 Å². The van der Waals surface area contributed by atoms with Gasteiger partial charge in [0.1, 0.15) is 5.75 Å². The Balaban J connectivity index is 0.000000469. The molecule has 160 valence electrons. The molecule has 0 atom stereocenters. The van der Waals surface area contributed by atoms with Gasteiger partial charge in [-0.25, -0.2) is 9.59 Å². The summed E-state index contributed by atoms with van der Waals surface area (Å²) in [7, 11) is 0. The van der Waals surface area contributed by atoms with Gasteiger partial charge in [0.05, 0.1) is 19.8 Å². The van der Waals surface area contributed by atoms with Crippen LogP contribution in [-0.2, 0) is 14.3 Å². The molecule has 1 fully saturated rings. The van der Waals surface area contributed by atoms with Gasteiger partial charge >= 0.3 is 11.9 Å². The Morgan fingerprint density at radius 2 is 1.43 bits per heavy atom. The van der Waals surface area contributed by atoms with Crippen LogP contribution in [0, 0.1) is 0 Å². The Kier molecular flexibility index (Phi) is 9.50. The molecule has 8 heteroatoms. The van der Waals surface area contributed by atoms with E-state index in [9.17, 15) is 4.79 Å². The summed E-state index contributed by atoms with van der Waals surface area (Å²) in [5.74, 6) is -2.80. The van der Waals surface area contributed by atoms with Crippen LogP contribution < -0.4 is 4.74 Å². The van der Waals surface area contributed by atoms with Gasteiger partial charge in [0, 0.05) is 30.8 Å². The SMILES string of the molecule is O=C(O)C(=O)O.O=C(c1ccccc1)c1ccc(OCCCN2CCOCC2)cc1. The number of carbonyl (C=O) groups is 3. The van der Waals surface area contributed by atoms with Crippen LogP contribution in [0.1, 0.15) is 22.3 Å². The second-order valence-electron chi connectivity index (χ2n) is 6.49. The summed E-state index contributed by atoms with van der Waals surface area (Å²) in [4.78, 5) is 32.9. The van der Waals surface area contributed by atoms with E-state index in [0.717, 1.165) is 45.0 Å². The highest BCUT2D eigenvalue weighted by atomic mass is 16.5. The van der Waals surface area contributed by atoms with Gasteiger partial charge in [-0.15, -0.1) is 0 Å². The predicted octanol–water partition coefficient (Wildman–Crippen LogP) is 2.17. The van der Waals surface area contributed by atoms with E-state index in [0.29, 0.717) is 17.7 Å². The Labute approximate surface area is 174 Å². The van der Waals surface area contributed by atoms with Crippen LogP contribution in [0.3, 0.4) is 0 Å². The molecule has 1 heterocycles. The summed E-state index contributed by atoms with van der Waals surface area (Å²) in [5, 5.41) is 14.8. The number of hydrogen-bond donors (Lipinski definition) is 2. The molecule has 1 saturated heterocycles. The van der Waals surface area contributed by atoms with Crippen molar-refractivity contribution in [2.45, 2.75) is 6.42 Å². The summed E-state index contributed by atoms with van der Waals surface area (Å²) in [6, 6.07) is 16.7. The zero-order valence-electron chi connectivity index (χ0n) is 16.5. The number of hydrogen-bond acceptors (Lipinski definition) is 6. The summed E-state index contributed by atoms with van der Waals surface area (Å²) >= 11 is 0. The monoisotopic (exact) mass is 415 g/mol. The zero-order chi connectivity index (χ0) is 21.8. The molecule has 0 bridgehead atoms. The number of morpholine rings is 1. The van der Waals surface area contributed by atoms with Crippen LogP contribution in [0.5, 0.6) is 5.75 Å². The standard InChI is InChI=1S/C20H23NO3.C2H2O4/c22-20(17-5-2-1-3-6-17)18-7-9-19(10-8-18)24-14-4-11-21-12-15-23-16-13-21;3-1(4)2(5)6/h1-3,5-10H,4,11-16H2;(H,3,4)(H,5,6). The molecule has 1 aliphatic heterocycles. The fourth-order valence-corrected chi connectivity index (χ4v) is 2.76. The smallest absolute Gasteiger partial charge is 0.414 e. The molecule has 0 aromatic heterocycles. The van der Waals surface area contributed by atoms with Crippen LogP contribution >= 0.6 is 0 Å². The minimum atomic E-state index is -1.82. The fraction of sp³-hybridized carbons (Fsp3) is 0.318. The first-order chi connectivity index (χ1) is 14.5. The molecule has 0 amide bonds. The molecule has 0 aliphatic carbocycles. The summed E-state index contributed by atoms with van der Waals surface area (Å²) in [6.45, 7) is 5.40. The average molecular weight is 415 g/mol. The number of benzene rings is 2. The highest BCUT2D eigenvalue weighted by molar-refractivity contribution is 6.27. The molecule has 3 rings (SSSR count). The predicted molar refractivity (Wildman–Crippen MR) is 109 cm³/mol. The van der Waals surface area contributed by atoms with Crippen molar-refractivity contribution < 1.29 is 34.1 Å². The van der Waals surface area contributed by atoms with Crippen LogP contribution in [0.25, 0.3) is 0 Å². The molecule has 30 heavy (non-hydrogen) atoms. The largest absolute Gasteiger partial charge is 0.494 e. The van der Waals surface area contributed by atoms with Crippen molar-refractivity contribution in [3.8, 4) is 5.75 Å². The molecule has 0 spiro atoms. The minimum Gasteiger partial charge on any atom is -0.494 e. The van der Waals surface area contributed by atoms with Gasteiger partial charge in [0.15, 0.2) is 5.78 Å². The lowest BCUT2D eigenvalue weighted by atomic mass is 10.0. The van der Waals surface area contributed by atoms with Crippen LogP contribution in [0.4, 0.5) is 0 Å². The van der Waals surface area contributed by atoms with Crippen molar-refractivity contribution in [1.82, 2.24) is 4.90 Å². The van der Waals surface area contributed by atoms with E-state index in [1.807, 2.05) is 54.6 Å². The molecule has 0 unspecified atom stereocenters. The summed E-state index contributed by atoms with van der Waals surface area (Å²) in [5.41, 5.74) is 1.39. The van der Waals surface area contributed by atoms with E-state index in [4.69, 9.17) is 29.3 Å². The normalized spacial score (nSPS) is 13.6. The highest BCUT2D eigenvalue weighted by Gasteiger charge is 2.10. The zero-order valence-corrected chi connectivity index (χ0v) is 16.5. The quantitative estimate of drug-likeness (QED) is 0.402. The van der Waals surface area contributed by atoms with E-state index in [1.165, 1.54) is 0 Å². The van der Waals surface area contributed by atoms with Crippen molar-refractivity contribution in [3.05, 3.63) is 65.7 Å². The number of rotatable bonds is 7. The number of nitrogens with zero attached hydrogens (tertiary/aromatic N) is 1.